The first-order valence-electron chi connectivity index (χ1n) is 8.86. The lowest BCUT2D eigenvalue weighted by Crippen LogP contribution is -2.41. The van der Waals surface area contributed by atoms with E-state index in [1.54, 1.807) is 6.07 Å². The number of aliphatic carboxylic acids is 1. The van der Waals surface area contributed by atoms with Gasteiger partial charge in [-0.3, -0.25) is 14.7 Å². The van der Waals surface area contributed by atoms with Crippen LogP contribution in [-0.4, -0.2) is 34.0 Å². The second-order valence-corrected chi connectivity index (χ2v) is 7.53. The first kappa shape index (κ1) is 19.2. The van der Waals surface area contributed by atoms with Crippen LogP contribution in [0.3, 0.4) is 0 Å². The molecule has 1 aromatic heterocycles. The second-order valence-electron chi connectivity index (χ2n) is 6.69. The van der Waals surface area contributed by atoms with Gasteiger partial charge in [-0.2, -0.15) is 0 Å². The number of piperidine rings is 1. The highest BCUT2D eigenvalue weighted by atomic mass is 35.5. The smallest absolute Gasteiger partial charge is 0.307 e. The fourth-order valence-electron chi connectivity index (χ4n) is 3.52. The number of rotatable bonds is 5. The molecule has 4 nitrogen and oxygen atoms in total. The van der Waals surface area contributed by atoms with Crippen molar-refractivity contribution in [3.05, 3.63) is 63.4 Å². The van der Waals surface area contributed by atoms with Crippen LogP contribution in [0, 0.1) is 5.92 Å². The van der Waals surface area contributed by atoms with Gasteiger partial charge in [0.25, 0.3) is 0 Å². The van der Waals surface area contributed by atoms with E-state index < -0.39 is 5.97 Å². The Morgan fingerprint density at radius 2 is 2.15 bits per heavy atom. The molecular weight excluding hydrogens is 371 g/mol. The van der Waals surface area contributed by atoms with E-state index in [4.69, 9.17) is 23.2 Å². The normalized spacial score (nSPS) is 19.3. The summed E-state index contributed by atoms with van der Waals surface area (Å²) in [6, 6.07) is 9.35. The fraction of sp³-hybridized carbons (Fsp3) is 0.400. The molecule has 2 atom stereocenters. The number of aryl methyl sites for hydroxylation is 1. The van der Waals surface area contributed by atoms with Crippen molar-refractivity contribution >= 4 is 29.2 Å². The van der Waals surface area contributed by atoms with Gasteiger partial charge >= 0.3 is 5.97 Å². The molecular formula is C20H22Cl2N2O2. The lowest BCUT2D eigenvalue weighted by atomic mass is 9.93. The van der Waals surface area contributed by atoms with Gasteiger partial charge in [0.1, 0.15) is 0 Å². The monoisotopic (exact) mass is 392 g/mol. The van der Waals surface area contributed by atoms with Gasteiger partial charge < -0.3 is 5.11 Å². The molecule has 1 N–H and O–H groups in total. The third kappa shape index (κ3) is 4.20. The summed E-state index contributed by atoms with van der Waals surface area (Å²) in [6.07, 6.45) is 4.34. The van der Waals surface area contributed by atoms with Gasteiger partial charge in [-0.1, -0.05) is 42.3 Å². The maximum Gasteiger partial charge on any atom is 0.307 e. The van der Waals surface area contributed by atoms with Crippen molar-refractivity contribution < 1.29 is 9.90 Å². The van der Waals surface area contributed by atoms with Gasteiger partial charge in [0, 0.05) is 22.8 Å². The molecule has 0 amide bonds. The van der Waals surface area contributed by atoms with Crippen molar-refractivity contribution in [2.45, 2.75) is 32.2 Å². The Labute approximate surface area is 163 Å². The number of pyridine rings is 1. The van der Waals surface area contributed by atoms with Crippen molar-refractivity contribution in [2.24, 2.45) is 5.92 Å². The molecule has 3 rings (SSSR count). The molecule has 0 bridgehead atoms. The summed E-state index contributed by atoms with van der Waals surface area (Å²) in [7, 11) is 0. The van der Waals surface area contributed by atoms with Gasteiger partial charge in [-0.15, -0.1) is 0 Å². The minimum absolute atomic E-state index is 0.187. The summed E-state index contributed by atoms with van der Waals surface area (Å²) in [6.45, 7) is 3.38. The van der Waals surface area contributed by atoms with E-state index in [-0.39, 0.29) is 12.0 Å². The number of aromatic nitrogens is 1. The minimum Gasteiger partial charge on any atom is -0.481 e. The quantitative estimate of drug-likeness (QED) is 0.790. The van der Waals surface area contributed by atoms with Crippen LogP contribution < -0.4 is 0 Å². The molecule has 1 fully saturated rings. The average molecular weight is 393 g/mol. The highest BCUT2D eigenvalue weighted by molar-refractivity contribution is 6.35. The second kappa shape index (κ2) is 8.38. The Morgan fingerprint density at radius 3 is 2.77 bits per heavy atom. The minimum atomic E-state index is -0.745. The van der Waals surface area contributed by atoms with E-state index in [2.05, 4.69) is 22.9 Å². The molecule has 2 heterocycles. The number of halogens is 2. The van der Waals surface area contributed by atoms with Crippen molar-refractivity contribution in [3.8, 4) is 0 Å². The molecule has 0 saturated carbocycles. The topological polar surface area (TPSA) is 53.4 Å². The zero-order valence-corrected chi connectivity index (χ0v) is 16.2. The number of carboxylic acid groups (broad SMARTS) is 1. The number of carboxylic acids is 1. The molecule has 2 aromatic rings. The number of nitrogens with zero attached hydrogens (tertiary/aromatic N) is 2. The van der Waals surface area contributed by atoms with Gasteiger partial charge in [0.2, 0.25) is 0 Å². The van der Waals surface area contributed by atoms with E-state index in [1.807, 2.05) is 24.4 Å². The summed E-state index contributed by atoms with van der Waals surface area (Å²) < 4.78 is 0. The standard InChI is InChI=1S/C20H22Cl2N2O2/c1-2-13-5-8-18(23-11-13)19(16-7-6-15(21)10-17(16)22)24-9-3-4-14(12-24)20(25)26/h5-8,10-11,14,19H,2-4,9,12H2,1H3,(H,25,26). The largest absolute Gasteiger partial charge is 0.481 e. The third-order valence-corrected chi connectivity index (χ3v) is 5.52. The van der Waals surface area contributed by atoms with Crippen molar-refractivity contribution in [1.82, 2.24) is 9.88 Å². The zero-order valence-electron chi connectivity index (χ0n) is 14.7. The number of hydrogen-bond donors (Lipinski definition) is 1. The van der Waals surface area contributed by atoms with Crippen LogP contribution in [0.2, 0.25) is 10.0 Å². The summed E-state index contributed by atoms with van der Waals surface area (Å²) in [5, 5.41) is 10.6. The molecule has 1 saturated heterocycles. The number of benzene rings is 1. The van der Waals surface area contributed by atoms with Gasteiger partial charge in [-0.05, 0) is 55.1 Å². The van der Waals surface area contributed by atoms with Crippen LogP contribution in [-0.2, 0) is 11.2 Å². The molecule has 0 spiro atoms. The Balaban J connectivity index is 2.01. The Kier molecular flexibility index (Phi) is 6.17. The lowest BCUT2D eigenvalue weighted by Gasteiger charge is -2.37. The molecule has 6 heteroatoms. The maximum absolute atomic E-state index is 11.5. The zero-order chi connectivity index (χ0) is 18.7. The molecule has 0 radical (unpaired) electrons. The van der Waals surface area contributed by atoms with Crippen LogP contribution in [0.4, 0.5) is 0 Å². The molecule has 138 valence electrons. The first-order valence-corrected chi connectivity index (χ1v) is 9.61. The summed E-state index contributed by atoms with van der Waals surface area (Å²) in [5.74, 6) is -1.11. The van der Waals surface area contributed by atoms with E-state index >= 15 is 0 Å². The maximum atomic E-state index is 11.5. The number of likely N-dealkylation sites (tertiary alicyclic amines) is 1. The fourth-order valence-corrected chi connectivity index (χ4v) is 4.03. The van der Waals surface area contributed by atoms with Crippen molar-refractivity contribution in [1.29, 1.82) is 0 Å². The SMILES string of the molecule is CCc1ccc(C(c2ccc(Cl)cc2Cl)N2CCCC(C(=O)O)C2)nc1. The average Bonchev–Trinajstić information content (AvgIpc) is 2.64. The highest BCUT2D eigenvalue weighted by Gasteiger charge is 2.32. The Morgan fingerprint density at radius 1 is 1.35 bits per heavy atom. The Hall–Kier alpha value is -1.62. The van der Waals surface area contributed by atoms with Gasteiger partial charge in [0.05, 0.1) is 17.7 Å². The lowest BCUT2D eigenvalue weighted by molar-refractivity contribution is -0.143. The van der Waals surface area contributed by atoms with Gasteiger partial charge in [0.15, 0.2) is 0 Å². The van der Waals surface area contributed by atoms with Crippen LogP contribution in [0.1, 0.15) is 42.6 Å². The van der Waals surface area contributed by atoms with Gasteiger partial charge in [-0.25, -0.2) is 0 Å². The van der Waals surface area contributed by atoms with E-state index in [0.29, 0.717) is 23.0 Å². The highest BCUT2D eigenvalue weighted by Crippen LogP contribution is 2.36. The first-order chi connectivity index (χ1) is 12.5. The van der Waals surface area contributed by atoms with E-state index in [0.717, 1.165) is 36.2 Å². The van der Waals surface area contributed by atoms with Crippen molar-refractivity contribution in [2.75, 3.05) is 13.1 Å². The summed E-state index contributed by atoms with van der Waals surface area (Å²) >= 11 is 12.6. The van der Waals surface area contributed by atoms with E-state index in [1.165, 1.54) is 0 Å². The third-order valence-electron chi connectivity index (χ3n) is 4.96. The molecule has 1 aromatic carbocycles. The summed E-state index contributed by atoms with van der Waals surface area (Å²) in [4.78, 5) is 18.3. The molecule has 2 unspecified atom stereocenters. The van der Waals surface area contributed by atoms with E-state index in [9.17, 15) is 9.90 Å². The summed E-state index contributed by atoms with van der Waals surface area (Å²) in [5.41, 5.74) is 2.94. The number of hydrogen-bond acceptors (Lipinski definition) is 3. The molecule has 26 heavy (non-hydrogen) atoms. The van der Waals surface area contributed by atoms with Crippen LogP contribution in [0.25, 0.3) is 0 Å². The Bertz CT molecular complexity index is 780. The predicted molar refractivity (Wildman–Crippen MR) is 104 cm³/mol. The van der Waals surface area contributed by atoms with Crippen LogP contribution in [0.5, 0.6) is 0 Å². The van der Waals surface area contributed by atoms with Crippen LogP contribution >= 0.6 is 23.2 Å². The molecule has 1 aliphatic heterocycles. The predicted octanol–water partition coefficient (Wildman–Crippen LogP) is 4.84. The molecule has 0 aliphatic carbocycles. The van der Waals surface area contributed by atoms with Crippen LogP contribution in [0.15, 0.2) is 36.5 Å². The van der Waals surface area contributed by atoms with Crippen molar-refractivity contribution in [3.63, 3.8) is 0 Å². The molecule has 1 aliphatic rings. The number of carbonyl (C=O) groups is 1.